The van der Waals surface area contributed by atoms with Crippen molar-refractivity contribution in [3.8, 4) is 0 Å². The summed E-state index contributed by atoms with van der Waals surface area (Å²) in [4.78, 5) is 29.1. The molecule has 7 heteroatoms. The number of likely N-dealkylation sites (tertiary alicyclic amines) is 1. The lowest BCUT2D eigenvalue weighted by atomic mass is 10.2. The Morgan fingerprint density at radius 2 is 2.42 bits per heavy atom. The van der Waals surface area contributed by atoms with E-state index in [9.17, 15) is 9.59 Å². The summed E-state index contributed by atoms with van der Waals surface area (Å²) in [6.07, 6.45) is 1.13. The van der Waals surface area contributed by atoms with Crippen molar-refractivity contribution in [1.29, 1.82) is 0 Å². The maximum atomic E-state index is 12.1. The summed E-state index contributed by atoms with van der Waals surface area (Å²) in [5.41, 5.74) is 0.812. The molecule has 1 N–H and O–H groups in total. The Hall–Kier alpha value is -1.14. The zero-order valence-corrected chi connectivity index (χ0v) is 12.3. The second-order valence-electron chi connectivity index (χ2n) is 4.57. The molecule has 0 saturated carbocycles. The summed E-state index contributed by atoms with van der Waals surface area (Å²) >= 11 is 7.14. The molecule has 0 aliphatic carbocycles. The summed E-state index contributed by atoms with van der Waals surface area (Å²) in [6, 6.07) is 0.0798. The molecule has 1 aromatic rings. The fourth-order valence-electron chi connectivity index (χ4n) is 2.12. The molecule has 2 heterocycles. The average Bonchev–Trinajstić information content (AvgIpc) is 2.97. The number of alkyl halides is 1. The van der Waals surface area contributed by atoms with Crippen LogP contribution in [0.3, 0.4) is 0 Å². The Kier molecular flexibility index (Phi) is 4.76. The van der Waals surface area contributed by atoms with E-state index in [-0.39, 0.29) is 17.9 Å². The van der Waals surface area contributed by atoms with Crippen LogP contribution in [0.15, 0.2) is 5.38 Å². The van der Waals surface area contributed by atoms with Crippen molar-refractivity contribution >= 4 is 34.8 Å². The van der Waals surface area contributed by atoms with E-state index in [2.05, 4.69) is 10.3 Å². The molecular formula is C12H16ClN3O2S. The number of hydrogen-bond donors (Lipinski definition) is 1. The van der Waals surface area contributed by atoms with E-state index in [1.54, 1.807) is 4.90 Å². The molecule has 104 valence electrons. The van der Waals surface area contributed by atoms with Crippen LogP contribution in [-0.2, 0) is 21.9 Å². The third-order valence-corrected chi connectivity index (χ3v) is 4.16. The van der Waals surface area contributed by atoms with Crippen LogP contribution in [0.1, 0.15) is 24.0 Å². The van der Waals surface area contributed by atoms with Crippen LogP contribution < -0.4 is 5.32 Å². The van der Waals surface area contributed by atoms with Crippen LogP contribution in [0.25, 0.3) is 0 Å². The molecule has 0 aromatic carbocycles. The standard InChI is InChI=1S/C12H16ClN3O2S/c1-8(17)14-9-2-3-16(6-9)12(18)4-11-15-10(5-13)7-19-11/h7,9H,2-6H2,1H3,(H,14,17). The van der Waals surface area contributed by atoms with Crippen molar-refractivity contribution in [3.05, 3.63) is 16.1 Å². The molecule has 0 bridgehead atoms. The minimum Gasteiger partial charge on any atom is -0.352 e. The van der Waals surface area contributed by atoms with Gasteiger partial charge >= 0.3 is 0 Å². The summed E-state index contributed by atoms with van der Waals surface area (Å²) in [6.45, 7) is 2.78. The topological polar surface area (TPSA) is 62.3 Å². The SMILES string of the molecule is CC(=O)NC1CCN(C(=O)Cc2nc(CCl)cs2)C1. The number of nitrogens with one attached hydrogen (secondary N) is 1. The first-order chi connectivity index (χ1) is 9.08. The molecule has 1 aromatic heterocycles. The monoisotopic (exact) mass is 301 g/mol. The first-order valence-corrected chi connectivity index (χ1v) is 7.54. The van der Waals surface area contributed by atoms with E-state index in [1.165, 1.54) is 18.3 Å². The minimum absolute atomic E-state index is 0.0500. The van der Waals surface area contributed by atoms with Gasteiger partial charge < -0.3 is 10.2 Å². The highest BCUT2D eigenvalue weighted by molar-refractivity contribution is 7.09. The van der Waals surface area contributed by atoms with Gasteiger partial charge in [0.1, 0.15) is 5.01 Å². The van der Waals surface area contributed by atoms with E-state index in [4.69, 9.17) is 11.6 Å². The van der Waals surface area contributed by atoms with E-state index in [0.717, 1.165) is 17.1 Å². The molecule has 2 amide bonds. The Bertz CT molecular complexity index is 477. The lowest BCUT2D eigenvalue weighted by Crippen LogP contribution is -2.37. The van der Waals surface area contributed by atoms with Crippen LogP contribution in [0.4, 0.5) is 0 Å². The highest BCUT2D eigenvalue weighted by Crippen LogP contribution is 2.15. The van der Waals surface area contributed by atoms with Crippen LogP contribution in [-0.4, -0.2) is 40.8 Å². The van der Waals surface area contributed by atoms with E-state index >= 15 is 0 Å². The van der Waals surface area contributed by atoms with Gasteiger partial charge in [-0.25, -0.2) is 4.98 Å². The van der Waals surface area contributed by atoms with Gasteiger partial charge in [0.15, 0.2) is 0 Å². The van der Waals surface area contributed by atoms with Gasteiger partial charge in [-0.15, -0.1) is 22.9 Å². The number of aromatic nitrogens is 1. The number of carbonyl (C=O) groups is 2. The van der Waals surface area contributed by atoms with Crippen molar-refractivity contribution in [2.45, 2.75) is 31.7 Å². The summed E-state index contributed by atoms with van der Waals surface area (Å²) in [7, 11) is 0. The quantitative estimate of drug-likeness (QED) is 0.849. The Labute approximate surface area is 121 Å². The highest BCUT2D eigenvalue weighted by atomic mass is 35.5. The van der Waals surface area contributed by atoms with Crippen LogP contribution in [0, 0.1) is 0 Å². The van der Waals surface area contributed by atoms with Crippen LogP contribution in [0.5, 0.6) is 0 Å². The second-order valence-corrected chi connectivity index (χ2v) is 5.78. The number of carbonyl (C=O) groups excluding carboxylic acids is 2. The van der Waals surface area contributed by atoms with Gasteiger partial charge in [-0.1, -0.05) is 0 Å². The van der Waals surface area contributed by atoms with Gasteiger partial charge in [0.25, 0.3) is 0 Å². The normalized spacial score (nSPS) is 18.6. The molecule has 0 radical (unpaired) electrons. The van der Waals surface area contributed by atoms with Gasteiger partial charge in [0.05, 0.1) is 18.0 Å². The molecule has 19 heavy (non-hydrogen) atoms. The van der Waals surface area contributed by atoms with Crippen molar-refractivity contribution in [1.82, 2.24) is 15.2 Å². The summed E-state index contributed by atoms with van der Waals surface area (Å²) in [5, 5.41) is 5.51. The third-order valence-electron chi connectivity index (χ3n) is 2.99. The summed E-state index contributed by atoms with van der Waals surface area (Å²) in [5.74, 6) is 0.383. The van der Waals surface area contributed by atoms with Crippen molar-refractivity contribution in [2.75, 3.05) is 13.1 Å². The Morgan fingerprint density at radius 3 is 3.05 bits per heavy atom. The van der Waals surface area contributed by atoms with E-state index in [1.807, 2.05) is 5.38 Å². The second kappa shape index (κ2) is 6.34. The number of nitrogens with zero attached hydrogens (tertiary/aromatic N) is 2. The number of hydrogen-bond acceptors (Lipinski definition) is 4. The Balaban J connectivity index is 1.85. The van der Waals surface area contributed by atoms with Crippen molar-refractivity contribution < 1.29 is 9.59 Å². The van der Waals surface area contributed by atoms with Crippen molar-refractivity contribution in [2.24, 2.45) is 0 Å². The van der Waals surface area contributed by atoms with Crippen LogP contribution in [0.2, 0.25) is 0 Å². The minimum atomic E-state index is -0.0500. The van der Waals surface area contributed by atoms with Gasteiger partial charge in [-0.05, 0) is 6.42 Å². The zero-order chi connectivity index (χ0) is 13.8. The molecule has 0 spiro atoms. The number of halogens is 1. The zero-order valence-electron chi connectivity index (χ0n) is 10.7. The maximum Gasteiger partial charge on any atom is 0.229 e. The molecule has 1 aliphatic heterocycles. The molecular weight excluding hydrogens is 286 g/mol. The van der Waals surface area contributed by atoms with E-state index < -0.39 is 0 Å². The van der Waals surface area contributed by atoms with E-state index in [0.29, 0.717) is 25.4 Å². The van der Waals surface area contributed by atoms with Crippen LogP contribution >= 0.6 is 22.9 Å². The lowest BCUT2D eigenvalue weighted by molar-refractivity contribution is -0.129. The van der Waals surface area contributed by atoms with Gasteiger partial charge in [0, 0.05) is 31.4 Å². The third kappa shape index (κ3) is 3.91. The molecule has 2 rings (SSSR count). The number of rotatable bonds is 4. The molecule has 1 unspecified atom stereocenters. The van der Waals surface area contributed by atoms with Crippen molar-refractivity contribution in [3.63, 3.8) is 0 Å². The fraction of sp³-hybridized carbons (Fsp3) is 0.583. The summed E-state index contributed by atoms with van der Waals surface area (Å²) < 4.78 is 0. The molecule has 1 fully saturated rings. The predicted molar refractivity (Wildman–Crippen MR) is 74.2 cm³/mol. The van der Waals surface area contributed by atoms with Gasteiger partial charge in [-0.2, -0.15) is 0 Å². The molecule has 1 aliphatic rings. The predicted octanol–water partition coefficient (Wildman–Crippen LogP) is 1.16. The fourth-order valence-corrected chi connectivity index (χ4v) is 3.14. The first kappa shape index (κ1) is 14.3. The first-order valence-electron chi connectivity index (χ1n) is 6.12. The molecule has 1 saturated heterocycles. The molecule has 1 atom stereocenters. The lowest BCUT2D eigenvalue weighted by Gasteiger charge is -2.16. The highest BCUT2D eigenvalue weighted by Gasteiger charge is 2.26. The number of thiazole rings is 1. The average molecular weight is 302 g/mol. The van der Waals surface area contributed by atoms with Gasteiger partial charge in [0.2, 0.25) is 11.8 Å². The molecule has 5 nitrogen and oxygen atoms in total. The maximum absolute atomic E-state index is 12.1. The smallest absolute Gasteiger partial charge is 0.229 e. The van der Waals surface area contributed by atoms with Gasteiger partial charge in [-0.3, -0.25) is 9.59 Å². The number of amides is 2. The largest absolute Gasteiger partial charge is 0.352 e. The Morgan fingerprint density at radius 1 is 1.63 bits per heavy atom.